The lowest BCUT2D eigenvalue weighted by Crippen LogP contribution is -2.38. The summed E-state index contributed by atoms with van der Waals surface area (Å²) in [5.74, 6) is -0.0799. The minimum absolute atomic E-state index is 0.0114. The Labute approximate surface area is 94.0 Å². The molecule has 4 nitrogen and oxygen atoms in total. The van der Waals surface area contributed by atoms with E-state index >= 15 is 0 Å². The Morgan fingerprint density at radius 3 is 2.81 bits per heavy atom. The lowest BCUT2D eigenvalue weighted by atomic mass is 9.95. The first kappa shape index (κ1) is 9.87. The number of fused-ring (bicyclic) bond motifs is 2. The van der Waals surface area contributed by atoms with E-state index in [0.717, 1.165) is 12.8 Å². The highest BCUT2D eigenvalue weighted by atomic mass is 16.6. The third-order valence-electron chi connectivity index (χ3n) is 3.91. The van der Waals surface area contributed by atoms with Crippen LogP contribution in [0.2, 0.25) is 0 Å². The Balaban J connectivity index is 1.60. The summed E-state index contributed by atoms with van der Waals surface area (Å²) in [6.45, 7) is 3.70. The van der Waals surface area contributed by atoms with Crippen molar-refractivity contribution in [2.24, 2.45) is 17.8 Å². The van der Waals surface area contributed by atoms with Crippen molar-refractivity contribution in [3.63, 3.8) is 0 Å². The lowest BCUT2D eigenvalue weighted by Gasteiger charge is -2.20. The molecule has 4 heteroatoms. The Morgan fingerprint density at radius 1 is 1.44 bits per heavy atom. The molecule has 3 fully saturated rings. The van der Waals surface area contributed by atoms with Crippen LogP contribution in [0, 0.1) is 17.8 Å². The first-order chi connectivity index (χ1) is 7.69. The van der Waals surface area contributed by atoms with Crippen LogP contribution in [0.25, 0.3) is 0 Å². The Bertz CT molecular complexity index is 365. The third kappa shape index (κ3) is 1.44. The summed E-state index contributed by atoms with van der Waals surface area (Å²) < 4.78 is 5.07. The molecule has 0 aromatic carbocycles. The second-order valence-electron chi connectivity index (χ2n) is 4.99. The van der Waals surface area contributed by atoms with Crippen LogP contribution in [0.4, 0.5) is 0 Å². The summed E-state index contributed by atoms with van der Waals surface area (Å²) in [5, 5.41) is 2.98. The predicted octanol–water partition coefficient (Wildman–Crippen LogP) is 0.629. The minimum Gasteiger partial charge on any atom is -0.462 e. The zero-order valence-corrected chi connectivity index (χ0v) is 9.02. The number of rotatable bonds is 3. The molecule has 1 heterocycles. The molecule has 5 atom stereocenters. The number of nitrogens with one attached hydrogen (secondary N) is 1. The number of carbonyl (C=O) groups is 2. The molecule has 0 radical (unpaired) electrons. The predicted molar refractivity (Wildman–Crippen MR) is 56.3 cm³/mol. The number of carbonyl (C=O) groups excluding carboxylic acids is 2. The van der Waals surface area contributed by atoms with Gasteiger partial charge < -0.3 is 10.1 Å². The van der Waals surface area contributed by atoms with Gasteiger partial charge in [-0.05, 0) is 25.2 Å². The molecule has 0 aromatic heterocycles. The largest absolute Gasteiger partial charge is 0.462 e. The van der Waals surface area contributed by atoms with E-state index in [1.807, 2.05) is 6.08 Å². The molecule has 3 aliphatic rings. The van der Waals surface area contributed by atoms with Gasteiger partial charge in [0.2, 0.25) is 5.91 Å². The van der Waals surface area contributed by atoms with E-state index < -0.39 is 0 Å². The molecule has 1 aliphatic heterocycles. The number of hydrogen-bond donors (Lipinski definition) is 1. The van der Waals surface area contributed by atoms with Gasteiger partial charge in [0.05, 0.1) is 11.8 Å². The monoisotopic (exact) mass is 221 g/mol. The van der Waals surface area contributed by atoms with Gasteiger partial charge in [-0.2, -0.15) is 0 Å². The number of ether oxygens (including phenoxy) is 1. The molecule has 3 rings (SSSR count). The molecule has 16 heavy (non-hydrogen) atoms. The van der Waals surface area contributed by atoms with Gasteiger partial charge in [-0.1, -0.05) is 6.08 Å². The zero-order chi connectivity index (χ0) is 11.3. The quantitative estimate of drug-likeness (QED) is 0.561. The van der Waals surface area contributed by atoms with Gasteiger partial charge in [0.25, 0.3) is 0 Å². The van der Waals surface area contributed by atoms with E-state index in [0.29, 0.717) is 12.3 Å². The van der Waals surface area contributed by atoms with Crippen molar-refractivity contribution in [1.82, 2.24) is 5.32 Å². The molecule has 86 valence electrons. The van der Waals surface area contributed by atoms with E-state index in [4.69, 9.17) is 4.74 Å². The first-order valence-electron chi connectivity index (χ1n) is 5.82. The van der Waals surface area contributed by atoms with Crippen LogP contribution in [0.15, 0.2) is 12.7 Å². The molecule has 1 saturated heterocycles. The van der Waals surface area contributed by atoms with Gasteiger partial charge >= 0.3 is 5.97 Å². The molecule has 2 aliphatic carbocycles. The average Bonchev–Trinajstić information content (AvgIpc) is 2.72. The van der Waals surface area contributed by atoms with Crippen molar-refractivity contribution in [2.45, 2.75) is 31.4 Å². The number of amides is 1. The van der Waals surface area contributed by atoms with Crippen molar-refractivity contribution in [3.8, 4) is 0 Å². The number of hydrogen-bond acceptors (Lipinski definition) is 3. The van der Waals surface area contributed by atoms with Crippen LogP contribution < -0.4 is 5.32 Å². The van der Waals surface area contributed by atoms with E-state index in [9.17, 15) is 9.59 Å². The van der Waals surface area contributed by atoms with Gasteiger partial charge in [0.1, 0.15) is 6.10 Å². The topological polar surface area (TPSA) is 55.4 Å². The summed E-state index contributed by atoms with van der Waals surface area (Å²) in [6, 6.07) is 0.250. The van der Waals surface area contributed by atoms with E-state index in [-0.39, 0.29) is 35.9 Å². The van der Waals surface area contributed by atoms with Gasteiger partial charge in [0, 0.05) is 6.04 Å². The van der Waals surface area contributed by atoms with Crippen LogP contribution in [0.5, 0.6) is 0 Å². The lowest BCUT2D eigenvalue weighted by molar-refractivity contribution is -0.153. The highest BCUT2D eigenvalue weighted by molar-refractivity contribution is 5.88. The molecule has 2 bridgehead atoms. The molecule has 0 spiro atoms. The van der Waals surface area contributed by atoms with Gasteiger partial charge in [-0.15, -0.1) is 6.58 Å². The van der Waals surface area contributed by atoms with Crippen molar-refractivity contribution in [3.05, 3.63) is 12.7 Å². The maximum absolute atomic E-state index is 11.9. The van der Waals surface area contributed by atoms with Crippen molar-refractivity contribution >= 4 is 11.9 Å². The standard InChI is InChI=1S/C12H15NO3/c1-2-6-3-10(6)13-11(14)8-4-7-5-9(8)12(15)16-7/h2,6-10H,1,3-5H2,(H,13,14). The van der Waals surface area contributed by atoms with Crippen LogP contribution in [-0.4, -0.2) is 24.0 Å². The maximum Gasteiger partial charge on any atom is 0.310 e. The summed E-state index contributed by atoms with van der Waals surface area (Å²) in [4.78, 5) is 23.3. The fraction of sp³-hybridized carbons (Fsp3) is 0.667. The van der Waals surface area contributed by atoms with Crippen molar-refractivity contribution in [1.29, 1.82) is 0 Å². The fourth-order valence-corrected chi connectivity index (χ4v) is 2.82. The second kappa shape index (κ2) is 3.34. The summed E-state index contributed by atoms with van der Waals surface area (Å²) >= 11 is 0. The van der Waals surface area contributed by atoms with E-state index in [1.165, 1.54) is 0 Å². The number of esters is 1. The minimum atomic E-state index is -0.189. The van der Waals surface area contributed by atoms with E-state index in [2.05, 4.69) is 11.9 Å². The highest BCUT2D eigenvalue weighted by Gasteiger charge is 2.51. The summed E-state index contributed by atoms with van der Waals surface area (Å²) in [7, 11) is 0. The van der Waals surface area contributed by atoms with Crippen LogP contribution in [0.3, 0.4) is 0 Å². The Morgan fingerprint density at radius 2 is 2.25 bits per heavy atom. The smallest absolute Gasteiger partial charge is 0.310 e. The SMILES string of the molecule is C=CC1CC1NC(=O)C1CC2CC1C(=O)O2. The van der Waals surface area contributed by atoms with Crippen molar-refractivity contribution in [2.75, 3.05) is 0 Å². The molecule has 2 saturated carbocycles. The maximum atomic E-state index is 11.9. The second-order valence-corrected chi connectivity index (χ2v) is 4.99. The Hall–Kier alpha value is -1.32. The van der Waals surface area contributed by atoms with Gasteiger partial charge in [0.15, 0.2) is 0 Å². The molecule has 1 N–H and O–H groups in total. The first-order valence-corrected chi connectivity index (χ1v) is 5.82. The third-order valence-corrected chi connectivity index (χ3v) is 3.91. The highest BCUT2D eigenvalue weighted by Crippen LogP contribution is 2.42. The molecular formula is C12H15NO3. The zero-order valence-electron chi connectivity index (χ0n) is 9.02. The molecule has 1 amide bonds. The normalized spacial score (nSPS) is 44.0. The van der Waals surface area contributed by atoms with E-state index in [1.54, 1.807) is 0 Å². The fourth-order valence-electron chi connectivity index (χ4n) is 2.82. The van der Waals surface area contributed by atoms with Gasteiger partial charge in [-0.25, -0.2) is 0 Å². The summed E-state index contributed by atoms with van der Waals surface area (Å²) in [5.41, 5.74) is 0. The molecule has 5 unspecified atom stereocenters. The average molecular weight is 221 g/mol. The summed E-state index contributed by atoms with van der Waals surface area (Å²) in [6.07, 6.45) is 4.28. The molecular weight excluding hydrogens is 206 g/mol. The molecule has 0 aromatic rings. The van der Waals surface area contributed by atoms with Crippen LogP contribution in [-0.2, 0) is 14.3 Å². The Kier molecular flexibility index (Phi) is 2.06. The van der Waals surface area contributed by atoms with Crippen LogP contribution in [0.1, 0.15) is 19.3 Å². The van der Waals surface area contributed by atoms with Gasteiger partial charge in [-0.3, -0.25) is 9.59 Å². The van der Waals surface area contributed by atoms with Crippen LogP contribution >= 0.6 is 0 Å². The van der Waals surface area contributed by atoms with Crippen molar-refractivity contribution < 1.29 is 14.3 Å².